The van der Waals surface area contributed by atoms with Crippen LogP contribution >= 0.6 is 0 Å². The molecule has 4 atom stereocenters. The minimum Gasteiger partial charge on any atom is -0.550 e. The van der Waals surface area contributed by atoms with Gasteiger partial charge in [0.05, 0.1) is 6.10 Å². The third-order valence-electron chi connectivity index (χ3n) is 3.15. The van der Waals surface area contributed by atoms with E-state index in [2.05, 4.69) is 0 Å². The molecule has 0 saturated heterocycles. The normalized spacial score (nSPS) is 48.1. The molecule has 0 aromatic carbocycles. The first-order chi connectivity index (χ1) is 5.20. The molecule has 62 valence electrons. The molecule has 0 aromatic heterocycles. The van der Waals surface area contributed by atoms with Crippen molar-refractivity contribution >= 4 is 5.97 Å². The van der Waals surface area contributed by atoms with Crippen LogP contribution in [0.3, 0.4) is 0 Å². The van der Waals surface area contributed by atoms with Crippen molar-refractivity contribution in [2.45, 2.75) is 25.4 Å². The fourth-order valence-electron chi connectivity index (χ4n) is 2.66. The van der Waals surface area contributed by atoms with Gasteiger partial charge in [-0.2, -0.15) is 0 Å². The second-order valence-corrected chi connectivity index (χ2v) is 3.65. The van der Waals surface area contributed by atoms with Gasteiger partial charge in [0, 0.05) is 11.9 Å². The van der Waals surface area contributed by atoms with Gasteiger partial charge in [-0.1, -0.05) is 0 Å². The Bertz CT molecular complexity index is 190. The van der Waals surface area contributed by atoms with E-state index in [0.717, 1.165) is 12.8 Å². The zero-order valence-electron chi connectivity index (χ0n) is 6.19. The second-order valence-electron chi connectivity index (χ2n) is 3.65. The molecule has 0 amide bonds. The lowest BCUT2D eigenvalue weighted by Gasteiger charge is -2.17. The highest BCUT2D eigenvalue weighted by Crippen LogP contribution is 2.48. The lowest BCUT2D eigenvalue weighted by molar-refractivity contribution is -0.313. The van der Waals surface area contributed by atoms with E-state index in [1.54, 1.807) is 0 Å². The highest BCUT2D eigenvalue weighted by atomic mass is 16.4. The Labute approximate surface area is 65.0 Å². The molecule has 2 rings (SSSR count). The SMILES string of the molecule is O=C([O-])[C@H]1[C@@H]2CC[C@H]1[C@@H](O)C2. The van der Waals surface area contributed by atoms with Crippen LogP contribution in [-0.4, -0.2) is 17.2 Å². The number of hydrogen-bond donors (Lipinski definition) is 1. The Morgan fingerprint density at radius 2 is 2.18 bits per heavy atom. The predicted octanol–water partition coefficient (Wildman–Crippen LogP) is -0.857. The number of fused-ring (bicyclic) bond motifs is 2. The van der Waals surface area contributed by atoms with Crippen LogP contribution in [0.4, 0.5) is 0 Å². The van der Waals surface area contributed by atoms with Crippen LogP contribution in [0.5, 0.6) is 0 Å². The van der Waals surface area contributed by atoms with Crippen LogP contribution in [-0.2, 0) is 4.79 Å². The quantitative estimate of drug-likeness (QED) is 0.536. The first-order valence-electron chi connectivity index (χ1n) is 4.09. The maximum absolute atomic E-state index is 10.6. The highest BCUT2D eigenvalue weighted by Gasteiger charge is 2.47. The summed E-state index contributed by atoms with van der Waals surface area (Å²) in [5, 5.41) is 19.9. The van der Waals surface area contributed by atoms with E-state index in [9.17, 15) is 15.0 Å². The van der Waals surface area contributed by atoms with Gasteiger partial charge in [-0.3, -0.25) is 0 Å². The van der Waals surface area contributed by atoms with Crippen molar-refractivity contribution in [2.75, 3.05) is 0 Å². The predicted molar refractivity (Wildman–Crippen MR) is 35.3 cm³/mol. The van der Waals surface area contributed by atoms with Gasteiger partial charge in [-0.05, 0) is 31.1 Å². The molecule has 0 radical (unpaired) electrons. The summed E-state index contributed by atoms with van der Waals surface area (Å²) < 4.78 is 0. The van der Waals surface area contributed by atoms with Crippen molar-refractivity contribution < 1.29 is 15.0 Å². The van der Waals surface area contributed by atoms with Crippen LogP contribution in [0, 0.1) is 17.8 Å². The molecule has 0 aliphatic heterocycles. The number of carboxylic acid groups (broad SMARTS) is 1. The topological polar surface area (TPSA) is 60.4 Å². The fraction of sp³-hybridized carbons (Fsp3) is 0.875. The molecule has 1 N–H and O–H groups in total. The number of carbonyl (C=O) groups excluding carboxylic acids is 1. The molecule has 3 heteroatoms. The third kappa shape index (κ3) is 0.872. The molecule has 11 heavy (non-hydrogen) atoms. The summed E-state index contributed by atoms with van der Waals surface area (Å²) >= 11 is 0. The van der Waals surface area contributed by atoms with Gasteiger partial charge in [0.1, 0.15) is 0 Å². The number of carbonyl (C=O) groups is 1. The summed E-state index contributed by atoms with van der Waals surface area (Å²) in [7, 11) is 0. The van der Waals surface area contributed by atoms with Gasteiger partial charge < -0.3 is 15.0 Å². The maximum atomic E-state index is 10.6. The number of aliphatic hydroxyl groups is 1. The summed E-state index contributed by atoms with van der Waals surface area (Å²) in [6.07, 6.45) is 2.12. The summed E-state index contributed by atoms with van der Waals surface area (Å²) in [6.45, 7) is 0. The molecule has 3 nitrogen and oxygen atoms in total. The van der Waals surface area contributed by atoms with E-state index in [-0.39, 0.29) is 23.9 Å². The van der Waals surface area contributed by atoms with Crippen molar-refractivity contribution in [3.8, 4) is 0 Å². The minimum atomic E-state index is -0.964. The average molecular weight is 155 g/mol. The Hall–Kier alpha value is -0.570. The zero-order valence-corrected chi connectivity index (χ0v) is 6.19. The van der Waals surface area contributed by atoms with Crippen molar-refractivity contribution in [3.63, 3.8) is 0 Å². The molecule has 0 spiro atoms. The number of rotatable bonds is 1. The molecular formula is C8H11O3-. The van der Waals surface area contributed by atoms with Gasteiger partial charge in [0.15, 0.2) is 0 Å². The number of hydrogen-bond acceptors (Lipinski definition) is 3. The van der Waals surface area contributed by atoms with Crippen molar-refractivity contribution in [1.82, 2.24) is 0 Å². The Morgan fingerprint density at radius 1 is 1.45 bits per heavy atom. The van der Waals surface area contributed by atoms with Crippen LogP contribution in [0.25, 0.3) is 0 Å². The lowest BCUT2D eigenvalue weighted by Crippen LogP contribution is -2.35. The number of aliphatic hydroxyl groups excluding tert-OH is 1. The smallest absolute Gasteiger partial charge is 0.0577 e. The Balaban J connectivity index is 2.19. The average Bonchev–Trinajstić information content (AvgIpc) is 2.41. The van der Waals surface area contributed by atoms with Crippen molar-refractivity contribution in [3.05, 3.63) is 0 Å². The number of carboxylic acids is 1. The zero-order chi connectivity index (χ0) is 8.01. The van der Waals surface area contributed by atoms with Crippen LogP contribution in [0.2, 0.25) is 0 Å². The lowest BCUT2D eigenvalue weighted by atomic mass is 9.97. The van der Waals surface area contributed by atoms with Gasteiger partial charge >= 0.3 is 0 Å². The fourth-order valence-corrected chi connectivity index (χ4v) is 2.66. The third-order valence-corrected chi connectivity index (χ3v) is 3.15. The minimum absolute atomic E-state index is 0.00926. The van der Waals surface area contributed by atoms with E-state index >= 15 is 0 Å². The van der Waals surface area contributed by atoms with E-state index in [4.69, 9.17) is 0 Å². The molecular weight excluding hydrogens is 144 g/mol. The van der Waals surface area contributed by atoms with Gasteiger partial charge in [0.25, 0.3) is 0 Å². The second kappa shape index (κ2) is 2.21. The van der Waals surface area contributed by atoms with Gasteiger partial charge in [-0.25, -0.2) is 0 Å². The molecule has 0 aromatic rings. The first-order valence-corrected chi connectivity index (χ1v) is 4.09. The van der Waals surface area contributed by atoms with Crippen LogP contribution in [0.1, 0.15) is 19.3 Å². The molecule has 2 saturated carbocycles. The summed E-state index contributed by atoms with van der Waals surface area (Å²) in [4.78, 5) is 10.6. The first kappa shape index (κ1) is 7.10. The Kier molecular flexibility index (Phi) is 1.42. The Morgan fingerprint density at radius 3 is 2.45 bits per heavy atom. The summed E-state index contributed by atoms with van der Waals surface area (Å²) in [5.74, 6) is -1.14. The van der Waals surface area contributed by atoms with Crippen LogP contribution < -0.4 is 5.11 Å². The highest BCUT2D eigenvalue weighted by molar-refractivity contribution is 5.69. The number of aliphatic carboxylic acids is 1. The molecule has 0 heterocycles. The van der Waals surface area contributed by atoms with Crippen molar-refractivity contribution in [2.24, 2.45) is 17.8 Å². The van der Waals surface area contributed by atoms with E-state index in [1.165, 1.54) is 0 Å². The van der Waals surface area contributed by atoms with Crippen molar-refractivity contribution in [1.29, 1.82) is 0 Å². The molecule has 2 aliphatic rings. The summed E-state index contributed by atoms with van der Waals surface area (Å²) in [5.41, 5.74) is 0. The molecule has 2 bridgehead atoms. The largest absolute Gasteiger partial charge is 0.550 e. The summed E-state index contributed by atoms with van der Waals surface area (Å²) in [6, 6.07) is 0. The van der Waals surface area contributed by atoms with Gasteiger partial charge in [0.2, 0.25) is 0 Å². The molecule has 2 aliphatic carbocycles. The van der Waals surface area contributed by atoms with Crippen LogP contribution in [0.15, 0.2) is 0 Å². The van der Waals surface area contributed by atoms with E-state index in [1.807, 2.05) is 0 Å². The van der Waals surface area contributed by atoms with E-state index < -0.39 is 5.97 Å². The van der Waals surface area contributed by atoms with E-state index in [0.29, 0.717) is 6.42 Å². The molecule has 0 unspecified atom stereocenters. The molecule has 2 fully saturated rings. The maximum Gasteiger partial charge on any atom is 0.0577 e. The monoisotopic (exact) mass is 155 g/mol. The van der Waals surface area contributed by atoms with Gasteiger partial charge in [-0.15, -0.1) is 0 Å². The standard InChI is InChI=1S/C8H12O3/c9-6-3-4-1-2-5(6)7(4)8(10)11/h4-7,9H,1-3H2,(H,10,11)/p-1/t4-,5+,6+,7+/m1/s1.